The number of imidazole rings is 1. The molecule has 0 spiro atoms. The molecule has 26 nitrogen and oxygen atoms in total. The van der Waals surface area contributed by atoms with E-state index in [1.807, 2.05) is 13.8 Å². The molecule has 2 rings (SSSR count). The standard InChI is InChI=1S/C48H78N12O14/c1-24(2)16-32(55-46(71)38(26(5)6)59-42(67)33(17-25(3)4)53-40(65)31(50)10-8-9-15-49)41(66)54-34(19-29-20-51-23-52-29)43(68)60-39(27(7)63)47(72)58-37(22-62)45(70)57-36(21-61)44(69)56-35(48(73)74)18-28-11-13-30(64)14-12-28/h11-14,20,23-27,31-39,61-64H,8-10,15-19,21-22,49-50H2,1-7H3,(H,51,52)(H,53,65)(H,54,66)(H,55,71)(H,56,69)(H,57,70)(H,58,72)(H,59,67)(H,60,68)(H,73,74)/t27-,31+,32+,33+,34+,35+,36+,37+,38+,39+/m1/s1. The lowest BCUT2D eigenvalue weighted by atomic mass is 9.98. The van der Waals surface area contributed by atoms with Gasteiger partial charge in [-0.3, -0.25) is 38.4 Å². The van der Waals surface area contributed by atoms with Gasteiger partial charge in [-0.05, 0) is 74.6 Å². The largest absolute Gasteiger partial charge is 0.508 e. The van der Waals surface area contributed by atoms with Crippen LogP contribution in [0.5, 0.6) is 5.75 Å². The van der Waals surface area contributed by atoms with Gasteiger partial charge in [-0.2, -0.15) is 0 Å². The minimum absolute atomic E-state index is 0.0465. The highest BCUT2D eigenvalue weighted by atomic mass is 16.4. The molecule has 18 N–H and O–H groups in total. The van der Waals surface area contributed by atoms with Crippen LogP contribution in [-0.2, 0) is 56.0 Å². The predicted molar refractivity (Wildman–Crippen MR) is 268 cm³/mol. The van der Waals surface area contributed by atoms with Gasteiger partial charge in [0.05, 0.1) is 31.7 Å². The smallest absolute Gasteiger partial charge is 0.326 e. The second-order valence-corrected chi connectivity index (χ2v) is 19.3. The first kappa shape index (κ1) is 63.4. The van der Waals surface area contributed by atoms with Crippen LogP contribution < -0.4 is 54.0 Å². The van der Waals surface area contributed by atoms with E-state index in [0.717, 1.165) is 6.92 Å². The number of phenols is 1. The van der Waals surface area contributed by atoms with Gasteiger partial charge in [0, 0.05) is 24.7 Å². The zero-order chi connectivity index (χ0) is 55.8. The molecular formula is C48H78N12O14. The van der Waals surface area contributed by atoms with Crippen LogP contribution in [0, 0.1) is 17.8 Å². The number of phenolic OH excluding ortho intramolecular Hbond substituents is 1. The number of hydrogen-bond donors (Lipinski definition) is 16. The molecule has 8 amide bonds. The lowest BCUT2D eigenvalue weighted by molar-refractivity contribution is -0.142. The van der Waals surface area contributed by atoms with E-state index in [1.54, 1.807) is 27.7 Å². The number of H-pyrrole nitrogens is 1. The summed E-state index contributed by atoms with van der Waals surface area (Å²) in [7, 11) is 0. The molecule has 0 bridgehead atoms. The van der Waals surface area contributed by atoms with Gasteiger partial charge in [0.25, 0.3) is 0 Å². The van der Waals surface area contributed by atoms with E-state index in [1.165, 1.54) is 36.8 Å². The van der Waals surface area contributed by atoms with E-state index in [-0.39, 0.29) is 43.3 Å². The maximum atomic E-state index is 14.2. The number of carbonyl (C=O) groups excluding carboxylic acids is 8. The molecule has 74 heavy (non-hydrogen) atoms. The molecule has 0 aliphatic heterocycles. The third kappa shape index (κ3) is 21.8. The minimum atomic E-state index is -1.86. The van der Waals surface area contributed by atoms with Crippen molar-refractivity contribution in [2.75, 3.05) is 19.8 Å². The van der Waals surface area contributed by atoms with Crippen molar-refractivity contribution < 1.29 is 68.7 Å². The lowest BCUT2D eigenvalue weighted by Crippen LogP contribution is -2.63. The average molecular weight is 1050 g/mol. The van der Waals surface area contributed by atoms with Gasteiger partial charge in [-0.25, -0.2) is 9.78 Å². The van der Waals surface area contributed by atoms with Gasteiger partial charge in [0.15, 0.2) is 0 Å². The molecule has 0 saturated heterocycles. The van der Waals surface area contributed by atoms with Gasteiger partial charge in [-0.15, -0.1) is 0 Å². The number of carboxylic acids is 1. The van der Waals surface area contributed by atoms with Crippen LogP contribution in [0.25, 0.3) is 0 Å². The molecule has 0 aliphatic rings. The van der Waals surface area contributed by atoms with Gasteiger partial charge >= 0.3 is 5.97 Å². The fourth-order valence-electron chi connectivity index (χ4n) is 7.39. The van der Waals surface area contributed by atoms with Gasteiger partial charge < -0.3 is 84.5 Å². The van der Waals surface area contributed by atoms with Crippen LogP contribution in [0.4, 0.5) is 0 Å². The number of carboxylic acid groups (broad SMARTS) is 1. The van der Waals surface area contributed by atoms with Crippen LogP contribution >= 0.6 is 0 Å². The number of rotatable bonds is 33. The molecule has 0 radical (unpaired) electrons. The lowest BCUT2D eigenvalue weighted by Gasteiger charge is -2.30. The quantitative estimate of drug-likeness (QED) is 0.0308. The number of nitrogens with one attached hydrogen (secondary N) is 9. The van der Waals surface area contributed by atoms with Crippen LogP contribution in [0.1, 0.15) is 91.8 Å². The zero-order valence-corrected chi connectivity index (χ0v) is 43.1. The van der Waals surface area contributed by atoms with Crippen molar-refractivity contribution >= 4 is 53.2 Å². The Labute approximate surface area is 430 Å². The normalized spacial score (nSPS) is 15.4. The maximum Gasteiger partial charge on any atom is 0.326 e. The van der Waals surface area contributed by atoms with Crippen molar-refractivity contribution in [3.05, 3.63) is 48.0 Å². The molecule has 10 atom stereocenters. The zero-order valence-electron chi connectivity index (χ0n) is 43.1. The average Bonchev–Trinajstić information content (AvgIpc) is 3.85. The van der Waals surface area contributed by atoms with Crippen LogP contribution in [0.2, 0.25) is 0 Å². The number of benzene rings is 1. The summed E-state index contributed by atoms with van der Waals surface area (Å²) in [6.45, 7) is 10.0. The van der Waals surface area contributed by atoms with Crippen LogP contribution in [-0.4, -0.2) is 169 Å². The van der Waals surface area contributed by atoms with E-state index in [9.17, 15) is 68.7 Å². The molecule has 1 aromatic carbocycles. The molecule has 26 heteroatoms. The third-order valence-electron chi connectivity index (χ3n) is 11.5. The second kappa shape index (κ2) is 31.8. The topological polar surface area (TPSA) is 432 Å². The van der Waals surface area contributed by atoms with Crippen molar-refractivity contribution in [3.8, 4) is 5.75 Å². The first-order chi connectivity index (χ1) is 34.8. The SMILES string of the molecule is CC(C)C[C@H](NC(=O)[C@@H](NC(=O)[C@H](CC(C)C)NC(=O)[C@@H](N)CCCCN)C(C)C)C(=O)N[C@@H](Cc1cnc[nH]1)C(=O)N[C@H](C(=O)N[C@@H](CO)C(=O)N[C@@H](CO)C(=O)N[C@@H](Cc1ccc(O)cc1)C(=O)O)[C@@H](C)O. The third-order valence-corrected chi connectivity index (χ3v) is 11.5. The number of hydrogen-bond acceptors (Lipinski definition) is 16. The number of nitrogens with zero attached hydrogens (tertiary/aromatic N) is 1. The molecule has 1 aromatic heterocycles. The number of amides is 8. The predicted octanol–water partition coefficient (Wildman–Crippen LogP) is -3.57. The van der Waals surface area contributed by atoms with E-state index in [4.69, 9.17) is 11.5 Å². The summed E-state index contributed by atoms with van der Waals surface area (Å²) in [6.07, 6.45) is 2.39. The number of aliphatic hydroxyl groups is 3. The van der Waals surface area contributed by atoms with Crippen molar-refractivity contribution in [2.24, 2.45) is 29.2 Å². The summed E-state index contributed by atoms with van der Waals surface area (Å²) in [5, 5.41) is 69.6. The molecular weight excluding hydrogens is 969 g/mol. The molecule has 0 fully saturated rings. The number of aromatic amines is 1. The highest BCUT2D eigenvalue weighted by Crippen LogP contribution is 2.14. The van der Waals surface area contributed by atoms with Crippen molar-refractivity contribution in [2.45, 2.75) is 154 Å². The number of nitrogens with two attached hydrogens (primary N) is 2. The number of carbonyl (C=O) groups is 9. The van der Waals surface area contributed by atoms with E-state index in [2.05, 4.69) is 52.5 Å². The summed E-state index contributed by atoms with van der Waals surface area (Å²) in [4.78, 5) is 128. The van der Waals surface area contributed by atoms with Crippen molar-refractivity contribution in [1.82, 2.24) is 52.5 Å². The fraction of sp³-hybridized carbons (Fsp3) is 0.625. The van der Waals surface area contributed by atoms with E-state index < -0.39 is 133 Å². The van der Waals surface area contributed by atoms with Crippen LogP contribution in [0.15, 0.2) is 36.8 Å². The number of aromatic hydroxyl groups is 1. The Morgan fingerprint density at radius 3 is 1.50 bits per heavy atom. The molecule has 1 heterocycles. The molecule has 0 unspecified atom stereocenters. The van der Waals surface area contributed by atoms with Gasteiger partial charge in [0.1, 0.15) is 54.1 Å². The van der Waals surface area contributed by atoms with E-state index >= 15 is 0 Å². The van der Waals surface area contributed by atoms with Crippen molar-refractivity contribution in [3.63, 3.8) is 0 Å². The first-order valence-corrected chi connectivity index (χ1v) is 24.6. The highest BCUT2D eigenvalue weighted by Gasteiger charge is 2.37. The molecule has 0 saturated carbocycles. The fourth-order valence-corrected chi connectivity index (χ4v) is 7.39. The first-order valence-electron chi connectivity index (χ1n) is 24.6. The Hall–Kier alpha value is -6.74. The van der Waals surface area contributed by atoms with Gasteiger partial charge in [-0.1, -0.05) is 60.1 Å². The Kier molecular flexibility index (Phi) is 27.2. The monoisotopic (exact) mass is 1050 g/mol. The Morgan fingerprint density at radius 1 is 0.581 bits per heavy atom. The molecule has 0 aliphatic carbocycles. The van der Waals surface area contributed by atoms with E-state index in [0.29, 0.717) is 37.1 Å². The maximum absolute atomic E-state index is 14.2. The minimum Gasteiger partial charge on any atom is -0.508 e. The molecule has 414 valence electrons. The summed E-state index contributed by atoms with van der Waals surface area (Å²) in [6, 6.07) is -7.51. The second-order valence-electron chi connectivity index (χ2n) is 19.3. The summed E-state index contributed by atoms with van der Waals surface area (Å²) in [5.41, 5.74) is 12.4. The number of aromatic nitrogens is 2. The van der Waals surface area contributed by atoms with Gasteiger partial charge in [0.2, 0.25) is 47.3 Å². The summed E-state index contributed by atoms with van der Waals surface area (Å²) in [5.74, 6) is -9.71. The Bertz CT molecular complexity index is 2140. The number of aliphatic hydroxyl groups excluding tert-OH is 3. The molecule has 2 aromatic rings. The summed E-state index contributed by atoms with van der Waals surface area (Å²) >= 11 is 0. The van der Waals surface area contributed by atoms with Crippen LogP contribution in [0.3, 0.4) is 0 Å². The number of aliphatic carboxylic acids is 1. The highest BCUT2D eigenvalue weighted by molar-refractivity contribution is 5.98. The summed E-state index contributed by atoms with van der Waals surface area (Å²) < 4.78 is 0. The number of unbranched alkanes of at least 4 members (excludes halogenated alkanes) is 1. The Balaban J connectivity index is 2.29. The Morgan fingerprint density at radius 2 is 1.03 bits per heavy atom. The van der Waals surface area contributed by atoms with Crippen molar-refractivity contribution in [1.29, 1.82) is 0 Å².